The molecule has 4 fully saturated rings. The van der Waals surface area contributed by atoms with Gasteiger partial charge in [0.25, 0.3) is 5.91 Å². The summed E-state index contributed by atoms with van der Waals surface area (Å²) in [5.41, 5.74) is 0.477. The molecule has 4 aliphatic rings. The Kier molecular flexibility index (Phi) is 5.34. The van der Waals surface area contributed by atoms with Crippen LogP contribution >= 0.6 is 0 Å². The Bertz CT molecular complexity index is 770. The zero-order valence-corrected chi connectivity index (χ0v) is 17.4. The Morgan fingerprint density at radius 3 is 2.29 bits per heavy atom. The minimum absolute atomic E-state index is 0.0996. The fourth-order valence-corrected chi connectivity index (χ4v) is 6.97. The van der Waals surface area contributed by atoms with Crippen LogP contribution in [0.1, 0.15) is 55.8 Å². The van der Waals surface area contributed by atoms with Crippen molar-refractivity contribution in [1.82, 2.24) is 5.32 Å². The molecule has 0 aliphatic heterocycles. The number of carbonyl (C=O) groups is 2. The second-order valence-corrected chi connectivity index (χ2v) is 10.4. The predicted octanol–water partition coefficient (Wildman–Crippen LogP) is 3.30. The minimum atomic E-state index is -1.29. The van der Waals surface area contributed by atoms with E-state index in [1.54, 1.807) is 24.3 Å². The Labute approximate surface area is 169 Å². The van der Waals surface area contributed by atoms with Crippen molar-refractivity contribution in [2.45, 2.75) is 56.4 Å². The largest absolute Gasteiger partial charge is 0.452 e. The molecule has 0 aromatic heterocycles. The number of rotatable bonds is 6. The average Bonchev–Trinajstić information content (AvgIpc) is 2.65. The zero-order valence-electron chi connectivity index (χ0n) is 16.6. The minimum Gasteiger partial charge on any atom is -0.452 e. The van der Waals surface area contributed by atoms with Crippen molar-refractivity contribution in [1.29, 1.82) is 0 Å². The third-order valence-corrected chi connectivity index (χ3v) is 8.11. The van der Waals surface area contributed by atoms with Gasteiger partial charge in [-0.15, -0.1) is 0 Å². The van der Waals surface area contributed by atoms with E-state index < -0.39 is 16.8 Å². The SMILES string of the molecule is C[C@H](NC(=O)COC(=O)c1ccccc1[S@@](C)=O)C12CC3CC(CC(C3)C1)C2. The Morgan fingerprint density at radius 1 is 1.14 bits per heavy atom. The molecule has 152 valence electrons. The molecule has 0 saturated heterocycles. The van der Waals surface area contributed by atoms with Crippen molar-refractivity contribution < 1.29 is 18.5 Å². The van der Waals surface area contributed by atoms with Gasteiger partial charge in [-0.1, -0.05) is 12.1 Å². The van der Waals surface area contributed by atoms with Gasteiger partial charge in [0.05, 0.1) is 21.3 Å². The molecular weight excluding hydrogens is 374 g/mol. The van der Waals surface area contributed by atoms with E-state index in [0.717, 1.165) is 17.8 Å². The number of carbonyl (C=O) groups excluding carboxylic acids is 2. The summed E-state index contributed by atoms with van der Waals surface area (Å²) in [4.78, 5) is 25.2. The van der Waals surface area contributed by atoms with Crippen molar-refractivity contribution in [3.63, 3.8) is 0 Å². The summed E-state index contributed by atoms with van der Waals surface area (Å²) in [6.45, 7) is 1.81. The van der Waals surface area contributed by atoms with Crippen LogP contribution < -0.4 is 5.32 Å². The van der Waals surface area contributed by atoms with E-state index in [0.29, 0.717) is 4.90 Å². The number of benzene rings is 1. The van der Waals surface area contributed by atoms with Gasteiger partial charge in [-0.05, 0) is 80.8 Å². The topological polar surface area (TPSA) is 72.5 Å². The van der Waals surface area contributed by atoms with Crippen LogP contribution in [0.15, 0.2) is 29.2 Å². The summed E-state index contributed by atoms with van der Waals surface area (Å²) in [6, 6.07) is 6.74. The van der Waals surface area contributed by atoms with E-state index in [-0.39, 0.29) is 29.5 Å². The van der Waals surface area contributed by atoms with Crippen LogP contribution in [0.4, 0.5) is 0 Å². The van der Waals surface area contributed by atoms with Crippen LogP contribution in [0.3, 0.4) is 0 Å². The summed E-state index contributed by atoms with van der Waals surface area (Å²) < 4.78 is 17.0. The molecule has 4 saturated carbocycles. The van der Waals surface area contributed by atoms with Crippen LogP contribution in [0, 0.1) is 23.2 Å². The van der Waals surface area contributed by atoms with Gasteiger partial charge in [0.2, 0.25) is 0 Å². The molecule has 2 atom stereocenters. The van der Waals surface area contributed by atoms with Gasteiger partial charge < -0.3 is 10.1 Å². The smallest absolute Gasteiger partial charge is 0.339 e. The molecule has 6 heteroatoms. The standard InChI is InChI=1S/C22H29NO4S/c1-14(22-10-15-7-16(11-22)9-17(8-15)12-22)23-20(24)13-27-21(25)18-5-3-4-6-19(18)28(2)26/h3-6,14-17H,7-13H2,1-2H3,(H,23,24)/t14-,15?,16?,17?,22?,28+/m0/s1. The highest BCUT2D eigenvalue weighted by Crippen LogP contribution is 2.61. The van der Waals surface area contributed by atoms with Gasteiger partial charge in [0.15, 0.2) is 6.61 Å². The van der Waals surface area contributed by atoms with Gasteiger partial charge in [0, 0.05) is 12.3 Å². The quantitative estimate of drug-likeness (QED) is 0.740. The number of hydrogen-bond acceptors (Lipinski definition) is 4. The molecular formula is C22H29NO4S. The summed E-state index contributed by atoms with van der Waals surface area (Å²) in [7, 11) is -1.29. The molecule has 0 unspecified atom stereocenters. The first-order valence-electron chi connectivity index (χ1n) is 10.3. The Hall–Kier alpha value is -1.69. The predicted molar refractivity (Wildman–Crippen MR) is 107 cm³/mol. The lowest BCUT2D eigenvalue weighted by Gasteiger charge is -2.59. The monoisotopic (exact) mass is 403 g/mol. The fourth-order valence-electron chi connectivity index (χ4n) is 6.24. The summed E-state index contributed by atoms with van der Waals surface area (Å²) in [5.74, 6) is 1.62. The van der Waals surface area contributed by atoms with Crippen molar-refractivity contribution in [3.05, 3.63) is 29.8 Å². The molecule has 5 nitrogen and oxygen atoms in total. The van der Waals surface area contributed by atoms with Crippen LogP contribution in [0.2, 0.25) is 0 Å². The molecule has 28 heavy (non-hydrogen) atoms. The number of esters is 1. The lowest BCUT2D eigenvalue weighted by atomic mass is 9.48. The van der Waals surface area contributed by atoms with Gasteiger partial charge in [-0.2, -0.15) is 0 Å². The summed E-state index contributed by atoms with van der Waals surface area (Å²) in [5, 5.41) is 3.10. The summed E-state index contributed by atoms with van der Waals surface area (Å²) in [6.07, 6.45) is 9.29. The second-order valence-electron chi connectivity index (χ2n) is 9.10. The average molecular weight is 404 g/mol. The third kappa shape index (κ3) is 3.76. The highest BCUT2D eigenvalue weighted by molar-refractivity contribution is 7.84. The lowest BCUT2D eigenvalue weighted by molar-refractivity contribution is -0.128. The normalized spacial score (nSPS) is 32.6. The van der Waals surface area contributed by atoms with Gasteiger partial charge >= 0.3 is 5.97 Å². The van der Waals surface area contributed by atoms with Crippen LogP contribution in [-0.4, -0.2) is 35.0 Å². The molecule has 1 N–H and O–H groups in total. The zero-order chi connectivity index (χ0) is 19.9. The van der Waals surface area contributed by atoms with Gasteiger partial charge in [0.1, 0.15) is 0 Å². The van der Waals surface area contributed by atoms with E-state index >= 15 is 0 Å². The molecule has 0 radical (unpaired) electrons. The first-order valence-corrected chi connectivity index (χ1v) is 11.8. The molecule has 1 aromatic rings. The van der Waals surface area contributed by atoms with Crippen molar-refractivity contribution in [2.75, 3.05) is 12.9 Å². The van der Waals surface area contributed by atoms with Crippen molar-refractivity contribution in [2.24, 2.45) is 23.2 Å². The van der Waals surface area contributed by atoms with Gasteiger partial charge in [-0.25, -0.2) is 4.79 Å². The van der Waals surface area contributed by atoms with Crippen LogP contribution in [-0.2, 0) is 20.3 Å². The Morgan fingerprint density at radius 2 is 1.71 bits per heavy atom. The lowest BCUT2D eigenvalue weighted by Crippen LogP contribution is -2.56. The van der Waals surface area contributed by atoms with Crippen LogP contribution in [0.25, 0.3) is 0 Å². The maximum atomic E-state index is 12.5. The third-order valence-electron chi connectivity index (χ3n) is 7.13. The van der Waals surface area contributed by atoms with E-state index in [4.69, 9.17) is 4.74 Å². The molecule has 0 spiro atoms. The van der Waals surface area contributed by atoms with E-state index in [9.17, 15) is 13.8 Å². The number of hydrogen-bond donors (Lipinski definition) is 1. The second kappa shape index (κ2) is 7.62. The number of ether oxygens (including phenoxy) is 1. The highest BCUT2D eigenvalue weighted by Gasteiger charge is 2.53. The van der Waals surface area contributed by atoms with Crippen LogP contribution in [0.5, 0.6) is 0 Å². The molecule has 4 bridgehead atoms. The van der Waals surface area contributed by atoms with E-state index in [1.807, 2.05) is 0 Å². The summed E-state index contributed by atoms with van der Waals surface area (Å²) >= 11 is 0. The van der Waals surface area contributed by atoms with Crippen molar-refractivity contribution in [3.8, 4) is 0 Å². The Balaban J connectivity index is 1.34. The van der Waals surface area contributed by atoms with Gasteiger partial charge in [-0.3, -0.25) is 9.00 Å². The number of amides is 1. The molecule has 1 amide bonds. The maximum absolute atomic E-state index is 12.5. The first kappa shape index (κ1) is 19.6. The first-order chi connectivity index (χ1) is 13.4. The molecule has 1 aromatic carbocycles. The fraction of sp³-hybridized carbons (Fsp3) is 0.636. The molecule has 5 rings (SSSR count). The maximum Gasteiger partial charge on any atom is 0.339 e. The van der Waals surface area contributed by atoms with Crippen molar-refractivity contribution >= 4 is 22.7 Å². The molecule has 4 aliphatic carbocycles. The number of nitrogens with one attached hydrogen (secondary N) is 1. The van der Waals surface area contributed by atoms with E-state index in [1.165, 1.54) is 44.8 Å². The molecule has 0 heterocycles. The van der Waals surface area contributed by atoms with E-state index in [2.05, 4.69) is 12.2 Å². The highest BCUT2D eigenvalue weighted by atomic mass is 32.2.